The van der Waals surface area contributed by atoms with E-state index in [0.717, 1.165) is 12.8 Å². The van der Waals surface area contributed by atoms with Crippen LogP contribution >= 0.6 is 0 Å². The Labute approximate surface area is 136 Å². The summed E-state index contributed by atoms with van der Waals surface area (Å²) in [5.74, 6) is 2.60. The van der Waals surface area contributed by atoms with Crippen molar-refractivity contribution in [1.29, 1.82) is 0 Å². The minimum atomic E-state index is -0.391. The number of rotatable bonds is 7. The van der Waals surface area contributed by atoms with E-state index < -0.39 is 5.66 Å². The number of amides is 1. The van der Waals surface area contributed by atoms with Gasteiger partial charge in [-0.15, -0.1) is 12.3 Å². The van der Waals surface area contributed by atoms with E-state index in [2.05, 4.69) is 33.6 Å². The second kappa shape index (κ2) is 6.93. The first-order valence-corrected chi connectivity index (χ1v) is 8.06. The van der Waals surface area contributed by atoms with Gasteiger partial charge in [-0.05, 0) is 17.5 Å². The van der Waals surface area contributed by atoms with E-state index >= 15 is 0 Å². The minimum Gasteiger partial charge on any atom is -0.371 e. The summed E-state index contributed by atoms with van der Waals surface area (Å²) < 4.78 is 5.79. The molecule has 0 aromatic heterocycles. The summed E-state index contributed by atoms with van der Waals surface area (Å²) in [5.41, 5.74) is 2.09. The molecule has 0 spiro atoms. The van der Waals surface area contributed by atoms with E-state index in [1.54, 1.807) is 0 Å². The van der Waals surface area contributed by atoms with Crippen LogP contribution in [0.2, 0.25) is 0 Å². The average Bonchev–Trinajstić information content (AvgIpc) is 3.36. The molecule has 1 amide bonds. The Bertz CT molecular complexity index is 642. The number of nitrogens with zero attached hydrogens (tertiary/aromatic N) is 2. The van der Waals surface area contributed by atoms with Gasteiger partial charge in [-0.1, -0.05) is 24.3 Å². The fourth-order valence-corrected chi connectivity index (χ4v) is 2.92. The summed E-state index contributed by atoms with van der Waals surface area (Å²) in [4.78, 5) is 12.1. The summed E-state index contributed by atoms with van der Waals surface area (Å²) in [5, 5.41) is 11.1. The number of carbonyl (C=O) groups is 1. The van der Waals surface area contributed by atoms with Crippen molar-refractivity contribution in [2.75, 3.05) is 13.2 Å². The predicted molar refractivity (Wildman–Crippen MR) is 86.7 cm³/mol. The normalized spacial score (nSPS) is 20.4. The predicted octanol–water partition coefficient (Wildman–Crippen LogP) is 2.77. The zero-order valence-corrected chi connectivity index (χ0v) is 13.1. The van der Waals surface area contributed by atoms with Gasteiger partial charge in [0.05, 0.1) is 6.61 Å². The molecule has 2 aliphatic heterocycles. The van der Waals surface area contributed by atoms with Crippen LogP contribution in [0.15, 0.2) is 34.5 Å². The Morgan fingerprint density at radius 3 is 3.00 bits per heavy atom. The maximum Gasteiger partial charge on any atom is 0.220 e. The first-order valence-electron chi connectivity index (χ1n) is 8.06. The lowest BCUT2D eigenvalue weighted by Gasteiger charge is -2.26. The van der Waals surface area contributed by atoms with Crippen molar-refractivity contribution in [1.82, 2.24) is 5.32 Å². The van der Waals surface area contributed by atoms with Gasteiger partial charge < -0.3 is 10.1 Å². The summed E-state index contributed by atoms with van der Waals surface area (Å²) in [6, 6.07) is 8.24. The smallest absolute Gasteiger partial charge is 0.220 e. The van der Waals surface area contributed by atoms with Crippen molar-refractivity contribution in [2.45, 2.75) is 43.9 Å². The highest BCUT2D eigenvalue weighted by atomic mass is 16.5. The van der Waals surface area contributed by atoms with Crippen molar-refractivity contribution in [3.8, 4) is 12.3 Å². The summed E-state index contributed by atoms with van der Waals surface area (Å²) >= 11 is 0. The maximum atomic E-state index is 12.1. The van der Waals surface area contributed by atoms with E-state index in [9.17, 15) is 4.79 Å². The van der Waals surface area contributed by atoms with Gasteiger partial charge in [-0.25, -0.2) is 0 Å². The topological polar surface area (TPSA) is 63.0 Å². The molecule has 0 bridgehead atoms. The number of ether oxygens (including phenoxy) is 1. The molecule has 3 rings (SSSR count). The van der Waals surface area contributed by atoms with E-state index in [-0.39, 0.29) is 12.0 Å². The van der Waals surface area contributed by atoms with E-state index in [1.807, 2.05) is 12.1 Å². The van der Waals surface area contributed by atoms with Gasteiger partial charge in [0.1, 0.15) is 6.10 Å². The summed E-state index contributed by atoms with van der Waals surface area (Å²) in [7, 11) is 0. The standard InChI is InChI=1S/C18H21N3O2/c1-2-3-10-18(20-21-18)11-8-17(22)19-13-16-15-7-5-4-6-14(15)9-12-23-16/h1,4-7,16H,3,8-13H2,(H,19,22). The van der Waals surface area contributed by atoms with Crippen LogP contribution in [0, 0.1) is 12.3 Å². The molecule has 0 saturated carbocycles. The van der Waals surface area contributed by atoms with E-state index in [0.29, 0.717) is 32.4 Å². The SMILES string of the molecule is C#CCCC1(CCC(=O)NCC2OCCc3ccccc32)N=N1. The van der Waals surface area contributed by atoms with Crippen LogP contribution in [0.1, 0.15) is 42.9 Å². The molecule has 120 valence electrons. The molecule has 23 heavy (non-hydrogen) atoms. The van der Waals surface area contributed by atoms with Crippen LogP contribution in [-0.2, 0) is 16.0 Å². The highest BCUT2D eigenvalue weighted by molar-refractivity contribution is 5.76. The molecule has 2 aliphatic rings. The third-order valence-electron chi connectivity index (χ3n) is 4.38. The van der Waals surface area contributed by atoms with Crippen molar-refractivity contribution >= 4 is 5.91 Å². The van der Waals surface area contributed by atoms with Crippen LogP contribution in [0.4, 0.5) is 0 Å². The van der Waals surface area contributed by atoms with E-state index in [1.165, 1.54) is 11.1 Å². The number of terminal acetylenes is 1. The number of hydrogen-bond acceptors (Lipinski definition) is 4. The number of hydrogen-bond donors (Lipinski definition) is 1. The second-order valence-electron chi connectivity index (χ2n) is 6.00. The van der Waals surface area contributed by atoms with Crippen LogP contribution in [-0.4, -0.2) is 24.7 Å². The molecule has 2 heterocycles. The third-order valence-corrected chi connectivity index (χ3v) is 4.38. The van der Waals surface area contributed by atoms with Gasteiger partial charge in [0, 0.05) is 32.2 Å². The largest absolute Gasteiger partial charge is 0.371 e. The molecule has 1 atom stereocenters. The number of carbonyl (C=O) groups excluding carboxylic acids is 1. The molecule has 0 aliphatic carbocycles. The fraction of sp³-hybridized carbons (Fsp3) is 0.500. The lowest BCUT2D eigenvalue weighted by molar-refractivity contribution is -0.122. The van der Waals surface area contributed by atoms with Crippen LogP contribution in [0.5, 0.6) is 0 Å². The monoisotopic (exact) mass is 311 g/mol. The van der Waals surface area contributed by atoms with Gasteiger partial charge in [0.15, 0.2) is 5.66 Å². The first-order chi connectivity index (χ1) is 11.2. The minimum absolute atomic E-state index is 0.00837. The number of fused-ring (bicyclic) bond motifs is 1. The molecule has 1 unspecified atom stereocenters. The van der Waals surface area contributed by atoms with Gasteiger partial charge in [-0.3, -0.25) is 4.79 Å². The zero-order valence-electron chi connectivity index (χ0n) is 13.1. The lowest BCUT2D eigenvalue weighted by atomic mass is 9.97. The molecule has 5 nitrogen and oxygen atoms in total. The highest BCUT2D eigenvalue weighted by Crippen LogP contribution is 2.37. The average molecular weight is 311 g/mol. The van der Waals surface area contributed by atoms with E-state index in [4.69, 9.17) is 11.2 Å². The lowest BCUT2D eigenvalue weighted by Crippen LogP contribution is -2.32. The Morgan fingerprint density at radius 2 is 2.22 bits per heavy atom. The molecular weight excluding hydrogens is 290 g/mol. The number of benzene rings is 1. The van der Waals surface area contributed by atoms with Crippen LogP contribution in [0.3, 0.4) is 0 Å². The third kappa shape index (κ3) is 3.96. The summed E-state index contributed by atoms with van der Waals surface area (Å²) in [6.07, 6.45) is 8.54. The highest BCUT2D eigenvalue weighted by Gasteiger charge is 2.39. The van der Waals surface area contributed by atoms with Crippen molar-refractivity contribution < 1.29 is 9.53 Å². The van der Waals surface area contributed by atoms with Gasteiger partial charge in [-0.2, -0.15) is 10.2 Å². The van der Waals surface area contributed by atoms with Crippen LogP contribution < -0.4 is 5.32 Å². The molecule has 5 heteroatoms. The molecule has 1 aromatic carbocycles. The quantitative estimate of drug-likeness (QED) is 0.787. The Morgan fingerprint density at radius 1 is 1.39 bits per heavy atom. The molecule has 0 saturated heterocycles. The molecule has 1 aromatic rings. The molecule has 0 radical (unpaired) electrons. The fourth-order valence-electron chi connectivity index (χ4n) is 2.92. The Balaban J connectivity index is 1.44. The van der Waals surface area contributed by atoms with Crippen LogP contribution in [0.25, 0.3) is 0 Å². The zero-order chi connectivity index (χ0) is 16.1. The van der Waals surface area contributed by atoms with Crippen molar-refractivity contribution in [2.24, 2.45) is 10.2 Å². The molecular formula is C18H21N3O2. The van der Waals surface area contributed by atoms with Crippen molar-refractivity contribution in [3.05, 3.63) is 35.4 Å². The molecule has 1 N–H and O–H groups in total. The Kier molecular flexibility index (Phi) is 4.73. The molecule has 0 fully saturated rings. The summed E-state index contributed by atoms with van der Waals surface area (Å²) in [6.45, 7) is 1.20. The van der Waals surface area contributed by atoms with Gasteiger partial charge >= 0.3 is 0 Å². The maximum absolute atomic E-state index is 12.1. The van der Waals surface area contributed by atoms with Gasteiger partial charge in [0.2, 0.25) is 5.91 Å². The first kappa shape index (κ1) is 15.7. The Hall–Kier alpha value is -2.19. The second-order valence-corrected chi connectivity index (χ2v) is 6.00. The van der Waals surface area contributed by atoms with Crippen molar-refractivity contribution in [3.63, 3.8) is 0 Å². The number of nitrogens with one attached hydrogen (secondary N) is 1. The van der Waals surface area contributed by atoms with Gasteiger partial charge in [0.25, 0.3) is 0 Å².